The highest BCUT2D eigenvalue weighted by Gasteiger charge is 2.40. The summed E-state index contributed by atoms with van der Waals surface area (Å²) in [7, 11) is 0. The molecule has 0 spiro atoms. The summed E-state index contributed by atoms with van der Waals surface area (Å²) in [6.07, 6.45) is 4.86. The third-order valence-electron chi connectivity index (χ3n) is 4.85. The Balaban J connectivity index is 0.000000648. The number of likely N-dealkylation sites (tertiary alicyclic amines) is 2. The van der Waals surface area contributed by atoms with Crippen molar-refractivity contribution < 1.29 is 24.6 Å². The summed E-state index contributed by atoms with van der Waals surface area (Å²) < 4.78 is 0. The minimum atomic E-state index is -0.833. The number of rotatable bonds is 6. The van der Waals surface area contributed by atoms with Crippen LogP contribution >= 0.6 is 0 Å². The number of hydrogen-bond acceptors (Lipinski definition) is 4. The molecule has 0 atom stereocenters. The first kappa shape index (κ1) is 20.4. The first-order chi connectivity index (χ1) is 11.3. The number of aliphatic carboxylic acids is 2. The van der Waals surface area contributed by atoms with Crippen molar-refractivity contribution in [1.29, 1.82) is 0 Å². The Hall–Kier alpha value is -1.63. The van der Waals surface area contributed by atoms with E-state index in [4.69, 9.17) is 9.90 Å². The van der Waals surface area contributed by atoms with E-state index in [9.17, 15) is 14.7 Å². The predicted octanol–water partition coefficient (Wildman–Crippen LogP) is 1.67. The average molecular weight is 342 g/mol. The van der Waals surface area contributed by atoms with E-state index in [2.05, 4.69) is 11.8 Å². The molecule has 24 heavy (non-hydrogen) atoms. The van der Waals surface area contributed by atoms with Crippen LogP contribution in [-0.4, -0.2) is 70.6 Å². The smallest absolute Gasteiger partial charge is 0.309 e. The second-order valence-electron chi connectivity index (χ2n) is 6.68. The molecule has 2 aliphatic heterocycles. The molecule has 2 aliphatic rings. The molecule has 1 amide bonds. The van der Waals surface area contributed by atoms with E-state index in [1.807, 2.05) is 4.90 Å². The average Bonchev–Trinajstić information content (AvgIpc) is 2.91. The molecular formula is C17H30N2O5. The number of piperidine rings is 1. The molecule has 7 nitrogen and oxygen atoms in total. The molecule has 0 unspecified atom stereocenters. The Labute approximate surface area is 143 Å². The summed E-state index contributed by atoms with van der Waals surface area (Å²) in [4.78, 5) is 36.3. The fourth-order valence-electron chi connectivity index (χ4n) is 3.46. The second kappa shape index (κ2) is 9.61. The summed E-state index contributed by atoms with van der Waals surface area (Å²) >= 11 is 0. The lowest BCUT2D eigenvalue weighted by molar-refractivity contribution is -0.152. The summed E-state index contributed by atoms with van der Waals surface area (Å²) in [5.41, 5.74) is -0.505. The molecule has 0 bridgehead atoms. The highest BCUT2D eigenvalue weighted by atomic mass is 16.4. The van der Waals surface area contributed by atoms with Crippen LogP contribution < -0.4 is 0 Å². The van der Waals surface area contributed by atoms with Crippen molar-refractivity contribution in [2.75, 3.05) is 32.7 Å². The molecule has 0 aromatic heterocycles. The molecule has 0 aliphatic carbocycles. The Kier molecular flexibility index (Phi) is 8.18. The standard InChI is InChI=1S/C15H26N2O3.C2H4O2/c1-2-5-15(14(19)20)6-9-16(10-7-15)11-12-17-8-3-4-13(17)18;1-2(3)4/h2-12H2,1H3,(H,19,20);1H3,(H,3,4). The number of carboxylic acids is 2. The molecule has 2 fully saturated rings. The van der Waals surface area contributed by atoms with Crippen molar-refractivity contribution in [3.8, 4) is 0 Å². The van der Waals surface area contributed by atoms with Crippen LogP contribution in [0.15, 0.2) is 0 Å². The van der Waals surface area contributed by atoms with Gasteiger partial charge in [-0.1, -0.05) is 13.3 Å². The van der Waals surface area contributed by atoms with Gasteiger partial charge in [0.15, 0.2) is 0 Å². The quantitative estimate of drug-likeness (QED) is 0.762. The summed E-state index contributed by atoms with van der Waals surface area (Å²) in [5.74, 6) is -1.19. The van der Waals surface area contributed by atoms with Gasteiger partial charge < -0.3 is 20.0 Å². The first-order valence-corrected chi connectivity index (χ1v) is 8.74. The number of nitrogens with zero attached hydrogens (tertiary/aromatic N) is 2. The fourth-order valence-corrected chi connectivity index (χ4v) is 3.46. The van der Waals surface area contributed by atoms with E-state index in [-0.39, 0.29) is 5.91 Å². The molecular weight excluding hydrogens is 312 g/mol. The summed E-state index contributed by atoms with van der Waals surface area (Å²) in [6, 6.07) is 0. The lowest BCUT2D eigenvalue weighted by atomic mass is 9.75. The molecule has 2 heterocycles. The van der Waals surface area contributed by atoms with Crippen molar-refractivity contribution in [2.24, 2.45) is 5.41 Å². The maximum Gasteiger partial charge on any atom is 0.309 e. The minimum absolute atomic E-state index is 0.271. The second-order valence-corrected chi connectivity index (χ2v) is 6.68. The highest BCUT2D eigenvalue weighted by Crippen LogP contribution is 2.36. The highest BCUT2D eigenvalue weighted by molar-refractivity contribution is 5.78. The van der Waals surface area contributed by atoms with Crippen molar-refractivity contribution in [3.63, 3.8) is 0 Å². The molecule has 0 aromatic carbocycles. The zero-order chi connectivity index (χ0) is 18.2. The Morgan fingerprint density at radius 3 is 2.12 bits per heavy atom. The molecule has 7 heteroatoms. The zero-order valence-corrected chi connectivity index (χ0v) is 14.8. The van der Waals surface area contributed by atoms with Crippen LogP contribution in [0.4, 0.5) is 0 Å². The van der Waals surface area contributed by atoms with Gasteiger partial charge in [-0.15, -0.1) is 0 Å². The van der Waals surface area contributed by atoms with Gasteiger partial charge in [0.25, 0.3) is 5.97 Å². The van der Waals surface area contributed by atoms with Crippen molar-refractivity contribution in [3.05, 3.63) is 0 Å². The molecule has 2 saturated heterocycles. The van der Waals surface area contributed by atoms with Crippen LogP contribution in [0.1, 0.15) is 52.4 Å². The molecule has 2 rings (SSSR count). The third kappa shape index (κ3) is 6.11. The van der Waals surface area contributed by atoms with Gasteiger partial charge in [-0.3, -0.25) is 14.4 Å². The van der Waals surface area contributed by atoms with Crippen LogP contribution in [0.3, 0.4) is 0 Å². The maximum absolute atomic E-state index is 11.6. The lowest BCUT2D eigenvalue weighted by Crippen LogP contribution is -2.46. The molecule has 138 valence electrons. The van der Waals surface area contributed by atoms with E-state index in [1.165, 1.54) is 0 Å². The lowest BCUT2D eigenvalue weighted by Gasteiger charge is -2.39. The van der Waals surface area contributed by atoms with Gasteiger partial charge in [0.2, 0.25) is 5.91 Å². The van der Waals surface area contributed by atoms with Gasteiger partial charge in [-0.2, -0.15) is 0 Å². The molecule has 2 N–H and O–H groups in total. The monoisotopic (exact) mass is 342 g/mol. The number of hydrogen-bond donors (Lipinski definition) is 2. The Morgan fingerprint density at radius 2 is 1.71 bits per heavy atom. The van der Waals surface area contributed by atoms with Crippen LogP contribution in [0, 0.1) is 5.41 Å². The van der Waals surface area contributed by atoms with Crippen molar-refractivity contribution >= 4 is 17.8 Å². The number of carbonyl (C=O) groups is 3. The largest absolute Gasteiger partial charge is 0.481 e. The molecule has 0 radical (unpaired) electrons. The Bertz CT molecular complexity index is 440. The zero-order valence-electron chi connectivity index (χ0n) is 14.8. The predicted molar refractivity (Wildman–Crippen MR) is 89.8 cm³/mol. The van der Waals surface area contributed by atoms with Gasteiger partial charge in [-0.05, 0) is 38.8 Å². The normalized spacial score (nSPS) is 20.4. The van der Waals surface area contributed by atoms with Gasteiger partial charge in [0.1, 0.15) is 0 Å². The number of carbonyl (C=O) groups excluding carboxylic acids is 1. The third-order valence-corrected chi connectivity index (χ3v) is 4.85. The van der Waals surface area contributed by atoms with Gasteiger partial charge in [0, 0.05) is 33.0 Å². The van der Waals surface area contributed by atoms with Gasteiger partial charge >= 0.3 is 5.97 Å². The summed E-state index contributed by atoms with van der Waals surface area (Å²) in [5, 5.41) is 16.9. The topological polar surface area (TPSA) is 98.1 Å². The van der Waals surface area contributed by atoms with Crippen LogP contribution in [0.25, 0.3) is 0 Å². The maximum atomic E-state index is 11.6. The van der Waals surface area contributed by atoms with E-state index in [0.717, 1.165) is 71.8 Å². The van der Waals surface area contributed by atoms with Gasteiger partial charge in [-0.25, -0.2) is 0 Å². The van der Waals surface area contributed by atoms with E-state index in [0.29, 0.717) is 6.42 Å². The minimum Gasteiger partial charge on any atom is -0.481 e. The van der Waals surface area contributed by atoms with E-state index >= 15 is 0 Å². The first-order valence-electron chi connectivity index (χ1n) is 8.74. The van der Waals surface area contributed by atoms with Crippen molar-refractivity contribution in [2.45, 2.75) is 52.4 Å². The van der Waals surface area contributed by atoms with Crippen LogP contribution in [0.2, 0.25) is 0 Å². The summed E-state index contributed by atoms with van der Waals surface area (Å²) in [6.45, 7) is 7.39. The Morgan fingerprint density at radius 1 is 1.12 bits per heavy atom. The van der Waals surface area contributed by atoms with Crippen LogP contribution in [0.5, 0.6) is 0 Å². The van der Waals surface area contributed by atoms with Crippen LogP contribution in [-0.2, 0) is 14.4 Å². The van der Waals surface area contributed by atoms with E-state index < -0.39 is 17.4 Å². The fraction of sp³-hybridized carbons (Fsp3) is 0.824. The molecule has 0 aromatic rings. The van der Waals surface area contributed by atoms with E-state index in [1.54, 1.807) is 0 Å². The molecule has 0 saturated carbocycles. The SMILES string of the molecule is CC(=O)O.CCCC1(C(=O)O)CCN(CCN2CCCC2=O)CC1. The number of carboxylic acid groups (broad SMARTS) is 2. The van der Waals surface area contributed by atoms with Crippen molar-refractivity contribution in [1.82, 2.24) is 9.80 Å². The van der Waals surface area contributed by atoms with Gasteiger partial charge in [0.05, 0.1) is 5.41 Å². The number of amides is 1.